The Kier molecular flexibility index (Phi) is 5.01. The first-order chi connectivity index (χ1) is 11.7. The smallest absolute Gasteiger partial charge is 0.161 e. The summed E-state index contributed by atoms with van der Waals surface area (Å²) in [6.07, 6.45) is 4.03. The van der Waals surface area contributed by atoms with Crippen molar-refractivity contribution in [2.45, 2.75) is 6.92 Å². The lowest BCUT2D eigenvalue weighted by Gasteiger charge is -2.09. The molecule has 0 amide bonds. The van der Waals surface area contributed by atoms with Gasteiger partial charge in [0.1, 0.15) is 10.8 Å². The molecule has 5 heteroatoms. The van der Waals surface area contributed by atoms with E-state index in [4.69, 9.17) is 14.2 Å². The molecular formula is C19H19NO3S. The van der Waals surface area contributed by atoms with Gasteiger partial charge in [0.25, 0.3) is 0 Å². The molecule has 3 aromatic rings. The van der Waals surface area contributed by atoms with Crippen LogP contribution in [0.2, 0.25) is 0 Å². The molecule has 1 aromatic heterocycles. The minimum Gasteiger partial charge on any atom is -0.497 e. The van der Waals surface area contributed by atoms with Crippen LogP contribution in [0.1, 0.15) is 17.5 Å². The van der Waals surface area contributed by atoms with Crippen molar-refractivity contribution in [2.75, 3.05) is 20.8 Å². The highest BCUT2D eigenvalue weighted by Gasteiger charge is 2.05. The van der Waals surface area contributed by atoms with Crippen LogP contribution in [0.5, 0.6) is 17.2 Å². The Morgan fingerprint density at radius 2 is 1.88 bits per heavy atom. The molecular weight excluding hydrogens is 322 g/mol. The highest BCUT2D eigenvalue weighted by molar-refractivity contribution is 7.19. The second-order valence-corrected chi connectivity index (χ2v) is 6.12. The van der Waals surface area contributed by atoms with Crippen LogP contribution in [0.4, 0.5) is 0 Å². The van der Waals surface area contributed by atoms with Gasteiger partial charge in [0, 0.05) is 0 Å². The van der Waals surface area contributed by atoms with E-state index in [1.54, 1.807) is 25.6 Å². The molecule has 24 heavy (non-hydrogen) atoms. The molecule has 0 radical (unpaired) electrons. The Bertz CT molecular complexity index is 870. The van der Waals surface area contributed by atoms with E-state index in [1.165, 1.54) is 0 Å². The number of ether oxygens (including phenoxy) is 3. The normalized spacial score (nSPS) is 11.1. The molecule has 0 bridgehead atoms. The zero-order valence-electron chi connectivity index (χ0n) is 13.9. The standard InChI is InChI=1S/C19H19NO3S/c1-4-23-16-9-5-13(11-17(16)22-3)6-10-19-20-15-8-7-14(21-2)12-18(15)24-19/h5-12H,4H2,1-3H3/b10-6+. The number of hydrogen-bond donors (Lipinski definition) is 0. The fourth-order valence-corrected chi connectivity index (χ4v) is 3.25. The number of hydrogen-bond acceptors (Lipinski definition) is 5. The van der Waals surface area contributed by atoms with E-state index < -0.39 is 0 Å². The summed E-state index contributed by atoms with van der Waals surface area (Å²) in [7, 11) is 3.31. The summed E-state index contributed by atoms with van der Waals surface area (Å²) in [6.45, 7) is 2.57. The lowest BCUT2D eigenvalue weighted by molar-refractivity contribution is 0.311. The van der Waals surface area contributed by atoms with E-state index in [-0.39, 0.29) is 0 Å². The van der Waals surface area contributed by atoms with Crippen molar-refractivity contribution in [1.29, 1.82) is 0 Å². The summed E-state index contributed by atoms with van der Waals surface area (Å²) < 4.78 is 17.3. The molecule has 0 atom stereocenters. The molecule has 0 aliphatic heterocycles. The topological polar surface area (TPSA) is 40.6 Å². The number of nitrogens with zero attached hydrogens (tertiary/aromatic N) is 1. The molecule has 0 N–H and O–H groups in total. The van der Waals surface area contributed by atoms with Gasteiger partial charge in [0.05, 0.1) is 31.0 Å². The first-order valence-electron chi connectivity index (χ1n) is 7.67. The number of fused-ring (bicyclic) bond motifs is 1. The third-order valence-electron chi connectivity index (χ3n) is 3.52. The minimum absolute atomic E-state index is 0.612. The predicted molar refractivity (Wildman–Crippen MR) is 99.3 cm³/mol. The first kappa shape index (κ1) is 16.3. The first-order valence-corrected chi connectivity index (χ1v) is 8.48. The quantitative estimate of drug-likeness (QED) is 0.640. The lowest BCUT2D eigenvalue weighted by atomic mass is 10.2. The lowest BCUT2D eigenvalue weighted by Crippen LogP contribution is -1.95. The number of methoxy groups -OCH3 is 2. The Morgan fingerprint density at radius 3 is 2.62 bits per heavy atom. The van der Waals surface area contributed by atoms with Gasteiger partial charge >= 0.3 is 0 Å². The van der Waals surface area contributed by atoms with Crippen molar-refractivity contribution in [3.63, 3.8) is 0 Å². The van der Waals surface area contributed by atoms with Crippen molar-refractivity contribution in [1.82, 2.24) is 4.98 Å². The summed E-state index contributed by atoms with van der Waals surface area (Å²) in [5.41, 5.74) is 2.01. The minimum atomic E-state index is 0.612. The number of benzene rings is 2. The van der Waals surface area contributed by atoms with Gasteiger partial charge in [0.15, 0.2) is 11.5 Å². The maximum Gasteiger partial charge on any atom is 0.161 e. The number of aromatic nitrogens is 1. The molecule has 0 aliphatic carbocycles. The van der Waals surface area contributed by atoms with Crippen LogP contribution in [-0.4, -0.2) is 25.8 Å². The fourth-order valence-electron chi connectivity index (χ4n) is 2.35. The van der Waals surface area contributed by atoms with Crippen molar-refractivity contribution in [3.05, 3.63) is 47.0 Å². The second-order valence-electron chi connectivity index (χ2n) is 5.06. The average molecular weight is 341 g/mol. The van der Waals surface area contributed by atoms with Crippen LogP contribution in [0.25, 0.3) is 22.4 Å². The Hall–Kier alpha value is -2.53. The van der Waals surface area contributed by atoms with E-state index in [1.807, 2.05) is 55.5 Å². The van der Waals surface area contributed by atoms with Crippen LogP contribution in [0.3, 0.4) is 0 Å². The third kappa shape index (κ3) is 3.51. The van der Waals surface area contributed by atoms with E-state index in [2.05, 4.69) is 4.98 Å². The van der Waals surface area contributed by atoms with E-state index in [0.29, 0.717) is 6.61 Å². The van der Waals surface area contributed by atoms with Gasteiger partial charge in [0.2, 0.25) is 0 Å². The fraction of sp³-hybridized carbons (Fsp3) is 0.211. The van der Waals surface area contributed by atoms with Crippen LogP contribution in [0.15, 0.2) is 36.4 Å². The Morgan fingerprint density at radius 1 is 1.00 bits per heavy atom. The zero-order valence-corrected chi connectivity index (χ0v) is 14.7. The van der Waals surface area contributed by atoms with Crippen LogP contribution in [-0.2, 0) is 0 Å². The molecule has 2 aromatic carbocycles. The Labute approximate surface area is 145 Å². The Balaban J connectivity index is 1.85. The highest BCUT2D eigenvalue weighted by Crippen LogP contribution is 2.30. The molecule has 124 valence electrons. The van der Waals surface area contributed by atoms with Gasteiger partial charge in [-0.25, -0.2) is 4.98 Å². The van der Waals surface area contributed by atoms with E-state index in [9.17, 15) is 0 Å². The van der Waals surface area contributed by atoms with Crippen LogP contribution < -0.4 is 14.2 Å². The average Bonchev–Trinajstić information content (AvgIpc) is 3.02. The van der Waals surface area contributed by atoms with E-state index in [0.717, 1.165) is 38.0 Å². The van der Waals surface area contributed by atoms with Crippen molar-refractivity contribution in [2.24, 2.45) is 0 Å². The van der Waals surface area contributed by atoms with Gasteiger partial charge in [-0.1, -0.05) is 12.1 Å². The molecule has 0 saturated carbocycles. The number of rotatable bonds is 6. The summed E-state index contributed by atoms with van der Waals surface area (Å²) in [5, 5.41) is 0.950. The predicted octanol–water partition coefficient (Wildman–Crippen LogP) is 4.88. The zero-order chi connectivity index (χ0) is 16.9. The van der Waals surface area contributed by atoms with Gasteiger partial charge in [-0.15, -0.1) is 11.3 Å². The maximum atomic E-state index is 5.54. The molecule has 0 spiro atoms. The van der Waals surface area contributed by atoms with Crippen LogP contribution in [0, 0.1) is 0 Å². The maximum absolute atomic E-state index is 5.54. The molecule has 0 unspecified atom stereocenters. The largest absolute Gasteiger partial charge is 0.497 e. The van der Waals surface area contributed by atoms with Gasteiger partial charge < -0.3 is 14.2 Å². The summed E-state index contributed by atoms with van der Waals surface area (Å²) in [4.78, 5) is 4.61. The summed E-state index contributed by atoms with van der Waals surface area (Å²) in [6, 6.07) is 11.8. The third-order valence-corrected chi connectivity index (χ3v) is 4.50. The van der Waals surface area contributed by atoms with Crippen LogP contribution >= 0.6 is 11.3 Å². The molecule has 0 fully saturated rings. The molecule has 3 rings (SSSR count). The summed E-state index contributed by atoms with van der Waals surface area (Å²) in [5.74, 6) is 2.33. The van der Waals surface area contributed by atoms with Gasteiger partial charge in [-0.05, 0) is 48.9 Å². The second kappa shape index (κ2) is 7.36. The van der Waals surface area contributed by atoms with Gasteiger partial charge in [-0.3, -0.25) is 0 Å². The molecule has 0 aliphatic rings. The SMILES string of the molecule is CCOc1ccc(/C=C/c2nc3ccc(OC)cc3s2)cc1OC. The van der Waals surface area contributed by atoms with E-state index >= 15 is 0 Å². The monoisotopic (exact) mass is 341 g/mol. The molecule has 1 heterocycles. The van der Waals surface area contributed by atoms with Gasteiger partial charge in [-0.2, -0.15) is 0 Å². The number of thiazole rings is 1. The molecule has 4 nitrogen and oxygen atoms in total. The van der Waals surface area contributed by atoms with Crippen molar-refractivity contribution < 1.29 is 14.2 Å². The highest BCUT2D eigenvalue weighted by atomic mass is 32.1. The summed E-state index contributed by atoms with van der Waals surface area (Å²) >= 11 is 1.63. The van der Waals surface area contributed by atoms with Crippen molar-refractivity contribution >= 4 is 33.7 Å². The van der Waals surface area contributed by atoms with Crippen molar-refractivity contribution in [3.8, 4) is 17.2 Å². The molecule has 0 saturated heterocycles.